The van der Waals surface area contributed by atoms with Crippen molar-refractivity contribution in [2.24, 2.45) is 0 Å². The minimum absolute atomic E-state index is 0.0715. The van der Waals surface area contributed by atoms with Crippen LogP contribution in [0.1, 0.15) is 49.4 Å². The molecule has 3 rings (SSSR count). The third kappa shape index (κ3) is 5.30. The van der Waals surface area contributed by atoms with Crippen LogP contribution in [0.3, 0.4) is 0 Å². The molecular formula is C30H30O3. The summed E-state index contributed by atoms with van der Waals surface area (Å²) in [7, 11) is 0. The maximum atomic E-state index is 9.79. The van der Waals surface area contributed by atoms with E-state index in [0.29, 0.717) is 0 Å². The zero-order valence-corrected chi connectivity index (χ0v) is 19.3. The molecular weight excluding hydrogens is 408 g/mol. The number of aliphatic hydroxyl groups is 1. The number of allylic oxidation sites excluding steroid dienone is 3. The Labute approximate surface area is 196 Å². The van der Waals surface area contributed by atoms with E-state index >= 15 is 0 Å². The fourth-order valence-electron chi connectivity index (χ4n) is 4.07. The predicted molar refractivity (Wildman–Crippen MR) is 135 cm³/mol. The minimum atomic E-state index is -0.476. The van der Waals surface area contributed by atoms with Crippen LogP contribution in [-0.4, -0.2) is 15.3 Å². The number of hydrogen-bond acceptors (Lipinski definition) is 3. The predicted octanol–water partition coefficient (Wildman–Crippen LogP) is 6.75. The van der Waals surface area contributed by atoms with Crippen molar-refractivity contribution in [3.05, 3.63) is 119 Å². The number of phenols is 2. The summed E-state index contributed by atoms with van der Waals surface area (Å²) in [5.41, 5.74) is 3.74. The topological polar surface area (TPSA) is 60.7 Å². The van der Waals surface area contributed by atoms with Crippen molar-refractivity contribution < 1.29 is 15.3 Å². The van der Waals surface area contributed by atoms with Gasteiger partial charge >= 0.3 is 0 Å². The van der Waals surface area contributed by atoms with Gasteiger partial charge in [-0.25, -0.2) is 0 Å². The molecule has 3 N–H and O–H groups in total. The summed E-state index contributed by atoms with van der Waals surface area (Å²) in [6, 6.07) is 23.1. The Morgan fingerprint density at radius 2 is 1.15 bits per heavy atom. The van der Waals surface area contributed by atoms with Crippen molar-refractivity contribution in [3.63, 3.8) is 0 Å². The van der Waals surface area contributed by atoms with E-state index in [1.165, 1.54) is 11.6 Å². The summed E-state index contributed by atoms with van der Waals surface area (Å²) >= 11 is 0. The number of rotatable bonds is 7. The molecule has 0 radical (unpaired) electrons. The maximum Gasteiger partial charge on any atom is 0.123 e. The van der Waals surface area contributed by atoms with E-state index in [1.54, 1.807) is 30.3 Å². The number of aliphatic hydroxyl groups excluding tert-OH is 1. The van der Waals surface area contributed by atoms with Crippen LogP contribution in [-0.2, 0) is 10.8 Å². The molecule has 0 heterocycles. The van der Waals surface area contributed by atoms with Crippen LogP contribution in [0.15, 0.2) is 96.8 Å². The molecule has 0 saturated heterocycles. The van der Waals surface area contributed by atoms with Crippen molar-refractivity contribution in [1.82, 2.24) is 0 Å². The Morgan fingerprint density at radius 3 is 1.58 bits per heavy atom. The summed E-state index contributed by atoms with van der Waals surface area (Å²) < 4.78 is 0. The van der Waals surface area contributed by atoms with E-state index < -0.39 is 5.41 Å². The number of hydrogen-bond donors (Lipinski definition) is 3. The van der Waals surface area contributed by atoms with Gasteiger partial charge in [0.25, 0.3) is 0 Å². The molecule has 3 nitrogen and oxygen atoms in total. The number of aromatic hydroxyl groups is 2. The molecule has 0 unspecified atom stereocenters. The van der Waals surface area contributed by atoms with E-state index in [0.717, 1.165) is 23.1 Å². The van der Waals surface area contributed by atoms with Gasteiger partial charge in [-0.1, -0.05) is 74.4 Å². The molecule has 3 aromatic rings. The van der Waals surface area contributed by atoms with Crippen molar-refractivity contribution >= 4 is 0 Å². The highest BCUT2D eigenvalue weighted by Crippen LogP contribution is 2.40. The molecule has 168 valence electrons. The molecule has 0 aliphatic heterocycles. The monoisotopic (exact) mass is 438 g/mol. The normalized spacial score (nSPS) is 12.6. The van der Waals surface area contributed by atoms with Gasteiger partial charge in [0.15, 0.2) is 0 Å². The Morgan fingerprint density at radius 1 is 0.758 bits per heavy atom. The molecule has 0 amide bonds. The average molecular weight is 439 g/mol. The summed E-state index contributed by atoms with van der Waals surface area (Å²) in [4.78, 5) is 0. The highest BCUT2D eigenvalue weighted by molar-refractivity contribution is 5.51. The van der Waals surface area contributed by atoms with E-state index in [-0.39, 0.29) is 22.7 Å². The highest BCUT2D eigenvalue weighted by Gasteiger charge is 2.32. The van der Waals surface area contributed by atoms with E-state index in [9.17, 15) is 15.3 Å². The minimum Gasteiger partial charge on any atom is -0.508 e. The van der Waals surface area contributed by atoms with E-state index in [2.05, 4.69) is 51.0 Å². The lowest BCUT2D eigenvalue weighted by Crippen LogP contribution is -2.25. The van der Waals surface area contributed by atoms with E-state index in [4.69, 9.17) is 6.42 Å². The number of benzene rings is 3. The first kappa shape index (κ1) is 23.8. The summed E-state index contributed by atoms with van der Waals surface area (Å²) in [6.45, 7) is 6.47. The average Bonchev–Trinajstić information content (AvgIpc) is 2.79. The van der Waals surface area contributed by atoms with Gasteiger partial charge in [0.1, 0.15) is 17.3 Å². The van der Waals surface area contributed by atoms with Gasteiger partial charge in [-0.05, 0) is 71.4 Å². The molecule has 33 heavy (non-hydrogen) atoms. The first-order valence-electron chi connectivity index (χ1n) is 10.9. The van der Waals surface area contributed by atoms with Crippen LogP contribution < -0.4 is 0 Å². The third-order valence-corrected chi connectivity index (χ3v) is 6.28. The van der Waals surface area contributed by atoms with Crippen LogP contribution in [0.5, 0.6) is 11.5 Å². The number of terminal acetylenes is 1. The van der Waals surface area contributed by atoms with Gasteiger partial charge in [0.05, 0.1) is 0 Å². The molecule has 0 spiro atoms. The van der Waals surface area contributed by atoms with Crippen molar-refractivity contribution in [2.75, 3.05) is 0 Å². The molecule has 0 atom stereocenters. The zero-order valence-electron chi connectivity index (χ0n) is 19.3. The number of phenolic OH excluding ortho intramolecular Hbond substituents is 2. The SMILES string of the molecule is C#C/C=C(O)\C=C/CC(C)(C)c1ccc(C(C)(c2ccc(O)cc2)c2ccc(O)cc2)cc1. The van der Waals surface area contributed by atoms with Gasteiger partial charge in [0, 0.05) is 11.5 Å². The summed E-state index contributed by atoms with van der Waals surface area (Å²) in [6.07, 6.45) is 10.8. The molecule has 0 saturated carbocycles. The van der Waals surface area contributed by atoms with Crippen LogP contribution in [0.2, 0.25) is 0 Å². The van der Waals surface area contributed by atoms with Gasteiger partial charge in [0.2, 0.25) is 0 Å². The Kier molecular flexibility index (Phi) is 6.99. The molecule has 0 bridgehead atoms. The second-order valence-corrected chi connectivity index (χ2v) is 9.02. The van der Waals surface area contributed by atoms with Gasteiger partial charge in [-0.3, -0.25) is 0 Å². The van der Waals surface area contributed by atoms with E-state index in [1.807, 2.05) is 30.3 Å². The first-order valence-corrected chi connectivity index (χ1v) is 10.9. The van der Waals surface area contributed by atoms with Gasteiger partial charge in [-0.2, -0.15) is 0 Å². The largest absolute Gasteiger partial charge is 0.508 e. The summed E-state index contributed by atoms with van der Waals surface area (Å²) in [5.74, 6) is 2.83. The van der Waals surface area contributed by atoms with Crippen LogP contribution >= 0.6 is 0 Å². The molecule has 0 aliphatic rings. The zero-order chi connectivity index (χ0) is 24.1. The lowest BCUT2D eigenvalue weighted by molar-refractivity contribution is 0.432. The van der Waals surface area contributed by atoms with Crippen LogP contribution in [0, 0.1) is 12.3 Å². The quantitative estimate of drug-likeness (QED) is 0.165. The van der Waals surface area contributed by atoms with Crippen molar-refractivity contribution in [3.8, 4) is 23.8 Å². The Bertz CT molecular complexity index is 1130. The lowest BCUT2D eigenvalue weighted by atomic mass is 9.70. The van der Waals surface area contributed by atoms with Crippen LogP contribution in [0.4, 0.5) is 0 Å². The molecule has 3 aromatic carbocycles. The Balaban J connectivity index is 1.98. The highest BCUT2D eigenvalue weighted by atomic mass is 16.3. The van der Waals surface area contributed by atoms with Crippen molar-refractivity contribution in [2.45, 2.75) is 38.0 Å². The van der Waals surface area contributed by atoms with Gasteiger partial charge in [-0.15, -0.1) is 6.42 Å². The molecule has 0 aromatic heterocycles. The smallest absolute Gasteiger partial charge is 0.123 e. The fourth-order valence-corrected chi connectivity index (χ4v) is 4.07. The molecule has 0 aliphatic carbocycles. The molecule has 0 fully saturated rings. The lowest BCUT2D eigenvalue weighted by Gasteiger charge is -2.33. The third-order valence-electron chi connectivity index (χ3n) is 6.28. The Hall–Kier alpha value is -3.90. The summed E-state index contributed by atoms with van der Waals surface area (Å²) in [5, 5.41) is 29.3. The second-order valence-electron chi connectivity index (χ2n) is 9.02. The standard InChI is InChI=1S/C30H30O3/c1-5-7-26(31)8-6-21-29(2,3)22-9-11-23(12-10-22)30(4,24-13-17-27(32)18-14-24)25-15-19-28(33)20-16-25/h1,6-20,31-33H,21H2,2-4H3/b8-6-,26-7+. The van der Waals surface area contributed by atoms with Crippen molar-refractivity contribution in [1.29, 1.82) is 0 Å². The fraction of sp³-hybridized carbons (Fsp3) is 0.200. The van der Waals surface area contributed by atoms with Gasteiger partial charge < -0.3 is 15.3 Å². The maximum absolute atomic E-state index is 9.79. The molecule has 3 heteroatoms. The first-order chi connectivity index (χ1) is 15.7. The second kappa shape index (κ2) is 9.71. The van der Waals surface area contributed by atoms with Crippen LogP contribution in [0.25, 0.3) is 0 Å².